The maximum Gasteiger partial charge on any atom is 0.292 e. The minimum atomic E-state index is -0.459. The lowest BCUT2D eigenvalue weighted by molar-refractivity contribution is -0.384. The van der Waals surface area contributed by atoms with Crippen LogP contribution >= 0.6 is 11.3 Å². The molecule has 1 aromatic carbocycles. The Morgan fingerprint density at radius 3 is 2.89 bits per heavy atom. The third kappa shape index (κ3) is 3.49. The van der Waals surface area contributed by atoms with Crippen molar-refractivity contribution in [2.75, 3.05) is 12.8 Å². The van der Waals surface area contributed by atoms with E-state index < -0.39 is 4.92 Å². The van der Waals surface area contributed by atoms with Crippen LogP contribution in [0.2, 0.25) is 0 Å². The molecule has 1 aromatic heterocycles. The zero-order valence-electron chi connectivity index (χ0n) is 10.4. The molecule has 0 atom stereocenters. The molecule has 19 heavy (non-hydrogen) atoms. The SMILES string of the molecule is CN(Cc1ccc(N)c([N+](=O)[O-])c1)Cc1cscn1. The Hall–Kier alpha value is -1.99. The highest BCUT2D eigenvalue weighted by Crippen LogP contribution is 2.23. The van der Waals surface area contributed by atoms with Crippen molar-refractivity contribution >= 4 is 22.7 Å². The van der Waals surface area contributed by atoms with Gasteiger partial charge in [-0.1, -0.05) is 6.07 Å². The number of aromatic nitrogens is 1. The van der Waals surface area contributed by atoms with E-state index in [4.69, 9.17) is 5.73 Å². The largest absolute Gasteiger partial charge is 0.393 e. The van der Waals surface area contributed by atoms with Gasteiger partial charge in [0.15, 0.2) is 0 Å². The molecule has 0 aliphatic rings. The molecule has 0 unspecified atom stereocenters. The molecule has 7 heteroatoms. The van der Waals surface area contributed by atoms with Gasteiger partial charge in [0.1, 0.15) is 5.69 Å². The Morgan fingerprint density at radius 1 is 1.47 bits per heavy atom. The second kappa shape index (κ2) is 5.77. The molecule has 0 saturated heterocycles. The molecular weight excluding hydrogens is 264 g/mol. The number of nitro groups is 1. The van der Waals surface area contributed by atoms with Crippen LogP contribution in [-0.4, -0.2) is 21.9 Å². The second-order valence-electron chi connectivity index (χ2n) is 4.30. The van der Waals surface area contributed by atoms with E-state index >= 15 is 0 Å². The molecule has 2 N–H and O–H groups in total. The first-order valence-electron chi connectivity index (χ1n) is 5.64. The number of nitrogens with two attached hydrogens (primary N) is 1. The van der Waals surface area contributed by atoms with Crippen LogP contribution in [0.5, 0.6) is 0 Å². The molecule has 0 aliphatic carbocycles. The van der Waals surface area contributed by atoms with Gasteiger partial charge in [0.2, 0.25) is 0 Å². The Morgan fingerprint density at radius 2 is 2.26 bits per heavy atom. The summed E-state index contributed by atoms with van der Waals surface area (Å²) >= 11 is 1.55. The van der Waals surface area contributed by atoms with E-state index in [1.165, 1.54) is 6.07 Å². The first-order valence-corrected chi connectivity index (χ1v) is 6.59. The number of nitrogens with zero attached hydrogens (tertiary/aromatic N) is 3. The highest BCUT2D eigenvalue weighted by molar-refractivity contribution is 7.07. The summed E-state index contributed by atoms with van der Waals surface area (Å²) in [5.41, 5.74) is 9.36. The standard InChI is InChI=1S/C12H14N4O2S/c1-15(6-10-7-19-8-14-10)5-9-2-3-11(13)12(4-9)16(17)18/h2-4,7-8H,5-6,13H2,1H3. The molecule has 0 amide bonds. The second-order valence-corrected chi connectivity index (χ2v) is 5.02. The molecule has 0 fully saturated rings. The zero-order chi connectivity index (χ0) is 13.8. The van der Waals surface area contributed by atoms with Crippen molar-refractivity contribution in [3.05, 3.63) is 50.5 Å². The van der Waals surface area contributed by atoms with E-state index in [0.717, 1.165) is 11.3 Å². The number of nitro benzene ring substituents is 1. The van der Waals surface area contributed by atoms with E-state index in [1.807, 2.05) is 17.3 Å². The monoisotopic (exact) mass is 278 g/mol. The minimum absolute atomic E-state index is 0.0421. The fourth-order valence-electron chi connectivity index (χ4n) is 1.81. The highest BCUT2D eigenvalue weighted by Gasteiger charge is 2.12. The number of hydrogen-bond donors (Lipinski definition) is 1. The molecule has 0 spiro atoms. The van der Waals surface area contributed by atoms with E-state index in [1.54, 1.807) is 29.0 Å². The molecule has 2 rings (SSSR count). The van der Waals surface area contributed by atoms with Crippen molar-refractivity contribution in [1.29, 1.82) is 0 Å². The Balaban J connectivity index is 2.06. The number of anilines is 1. The molecule has 1 heterocycles. The van der Waals surface area contributed by atoms with Crippen molar-refractivity contribution in [2.24, 2.45) is 0 Å². The molecule has 0 aliphatic heterocycles. The summed E-state index contributed by atoms with van der Waals surface area (Å²) in [5, 5.41) is 12.8. The zero-order valence-corrected chi connectivity index (χ0v) is 11.3. The molecular formula is C12H14N4O2S. The van der Waals surface area contributed by atoms with Crippen LogP contribution < -0.4 is 5.73 Å². The fourth-order valence-corrected chi connectivity index (χ4v) is 2.36. The highest BCUT2D eigenvalue weighted by atomic mass is 32.1. The van der Waals surface area contributed by atoms with Gasteiger partial charge in [0.25, 0.3) is 5.69 Å². The van der Waals surface area contributed by atoms with Crippen LogP contribution in [0, 0.1) is 10.1 Å². The maximum atomic E-state index is 10.8. The summed E-state index contributed by atoms with van der Waals surface area (Å²) in [5.74, 6) is 0. The molecule has 0 radical (unpaired) electrons. The number of nitrogen functional groups attached to an aromatic ring is 1. The average Bonchev–Trinajstić information content (AvgIpc) is 2.84. The molecule has 6 nitrogen and oxygen atoms in total. The molecule has 100 valence electrons. The Labute approximate surface area is 114 Å². The lowest BCUT2D eigenvalue weighted by Crippen LogP contribution is -2.17. The topological polar surface area (TPSA) is 85.3 Å². The molecule has 0 bridgehead atoms. The lowest BCUT2D eigenvalue weighted by Gasteiger charge is -2.15. The van der Waals surface area contributed by atoms with Crippen molar-refractivity contribution in [3.8, 4) is 0 Å². The van der Waals surface area contributed by atoms with Crippen molar-refractivity contribution < 1.29 is 4.92 Å². The van der Waals surface area contributed by atoms with E-state index in [-0.39, 0.29) is 11.4 Å². The summed E-state index contributed by atoms with van der Waals surface area (Å²) in [4.78, 5) is 16.6. The lowest BCUT2D eigenvalue weighted by atomic mass is 10.1. The van der Waals surface area contributed by atoms with Gasteiger partial charge in [-0.05, 0) is 18.7 Å². The molecule has 2 aromatic rings. The van der Waals surface area contributed by atoms with Gasteiger partial charge in [-0.2, -0.15) is 0 Å². The van der Waals surface area contributed by atoms with Crippen LogP contribution in [0.25, 0.3) is 0 Å². The summed E-state index contributed by atoms with van der Waals surface area (Å²) < 4.78 is 0. The Kier molecular flexibility index (Phi) is 4.08. The third-order valence-electron chi connectivity index (χ3n) is 2.66. The van der Waals surface area contributed by atoms with Crippen LogP contribution in [-0.2, 0) is 13.1 Å². The summed E-state index contributed by atoms with van der Waals surface area (Å²) in [6.07, 6.45) is 0. The van der Waals surface area contributed by atoms with Crippen LogP contribution in [0.3, 0.4) is 0 Å². The molecule has 0 saturated carbocycles. The quantitative estimate of drug-likeness (QED) is 0.515. The average molecular weight is 278 g/mol. The summed E-state index contributed by atoms with van der Waals surface area (Å²) in [6.45, 7) is 1.32. The van der Waals surface area contributed by atoms with E-state index in [2.05, 4.69) is 4.98 Å². The maximum absolute atomic E-state index is 10.8. The smallest absolute Gasteiger partial charge is 0.292 e. The number of hydrogen-bond acceptors (Lipinski definition) is 6. The minimum Gasteiger partial charge on any atom is -0.393 e. The van der Waals surface area contributed by atoms with Crippen molar-refractivity contribution in [3.63, 3.8) is 0 Å². The van der Waals surface area contributed by atoms with E-state index in [9.17, 15) is 10.1 Å². The van der Waals surface area contributed by atoms with Gasteiger partial charge in [-0.15, -0.1) is 11.3 Å². The van der Waals surface area contributed by atoms with Gasteiger partial charge in [0.05, 0.1) is 16.1 Å². The summed E-state index contributed by atoms with van der Waals surface area (Å²) in [6, 6.07) is 4.90. The first kappa shape index (κ1) is 13.4. The Bertz CT molecular complexity index is 571. The predicted octanol–water partition coefficient (Wildman–Crippen LogP) is 2.27. The number of rotatable bonds is 5. The van der Waals surface area contributed by atoms with Crippen molar-refractivity contribution in [2.45, 2.75) is 13.1 Å². The van der Waals surface area contributed by atoms with Crippen molar-refractivity contribution in [1.82, 2.24) is 9.88 Å². The van der Waals surface area contributed by atoms with Crippen LogP contribution in [0.1, 0.15) is 11.3 Å². The van der Waals surface area contributed by atoms with Crippen LogP contribution in [0.4, 0.5) is 11.4 Å². The number of benzene rings is 1. The van der Waals surface area contributed by atoms with Gasteiger partial charge in [-0.25, -0.2) is 4.98 Å². The van der Waals surface area contributed by atoms with Gasteiger partial charge in [-0.3, -0.25) is 15.0 Å². The normalized spacial score (nSPS) is 10.8. The fraction of sp³-hybridized carbons (Fsp3) is 0.250. The van der Waals surface area contributed by atoms with Gasteiger partial charge < -0.3 is 5.73 Å². The first-order chi connectivity index (χ1) is 9.06. The van der Waals surface area contributed by atoms with Gasteiger partial charge in [0, 0.05) is 24.5 Å². The number of thiazole rings is 1. The van der Waals surface area contributed by atoms with E-state index in [0.29, 0.717) is 13.1 Å². The predicted molar refractivity (Wildman–Crippen MR) is 74.8 cm³/mol. The summed E-state index contributed by atoms with van der Waals surface area (Å²) in [7, 11) is 1.95. The van der Waals surface area contributed by atoms with Gasteiger partial charge >= 0.3 is 0 Å². The van der Waals surface area contributed by atoms with Crippen LogP contribution in [0.15, 0.2) is 29.1 Å². The third-order valence-corrected chi connectivity index (χ3v) is 3.29.